The predicted octanol–water partition coefficient (Wildman–Crippen LogP) is 3.67. The smallest absolute Gasteiger partial charge is 0.253 e. The highest BCUT2D eigenvalue weighted by atomic mass is 19.1. The zero-order chi connectivity index (χ0) is 20.5. The quantitative estimate of drug-likeness (QED) is 0.522. The van der Waals surface area contributed by atoms with Crippen LogP contribution in [-0.2, 0) is 13.0 Å². The number of fused-ring (bicyclic) bond motifs is 1. The molecule has 2 aromatic carbocycles. The van der Waals surface area contributed by atoms with E-state index in [0.717, 1.165) is 29.1 Å². The summed E-state index contributed by atoms with van der Waals surface area (Å²) in [5.41, 5.74) is 3.97. The van der Waals surface area contributed by atoms with E-state index in [0.29, 0.717) is 17.7 Å². The highest BCUT2D eigenvalue weighted by molar-refractivity contribution is 5.97. The molecule has 29 heavy (non-hydrogen) atoms. The zero-order valence-electron chi connectivity index (χ0n) is 16.6. The number of nitrogens with zero attached hydrogens (tertiary/aromatic N) is 5. The fourth-order valence-electron chi connectivity index (χ4n) is 3.52. The molecule has 0 unspecified atom stereocenters. The summed E-state index contributed by atoms with van der Waals surface area (Å²) in [5.74, 6) is 0.527. The highest BCUT2D eigenvalue weighted by Gasteiger charge is 2.16. The van der Waals surface area contributed by atoms with Gasteiger partial charge in [-0.15, -0.1) is 0 Å². The Bertz CT molecular complexity index is 1190. The maximum Gasteiger partial charge on any atom is 0.253 e. The van der Waals surface area contributed by atoms with E-state index < -0.39 is 0 Å². The number of hydrogen-bond donors (Lipinski definition) is 0. The predicted molar refractivity (Wildman–Crippen MR) is 110 cm³/mol. The normalized spacial score (nSPS) is 11.2. The Balaban J connectivity index is 1.74. The van der Waals surface area contributed by atoms with Crippen molar-refractivity contribution in [3.05, 3.63) is 77.6 Å². The molecule has 0 radical (unpaired) electrons. The molecular formula is C22H22FN5O. The van der Waals surface area contributed by atoms with Gasteiger partial charge in [-0.1, -0.05) is 6.07 Å². The van der Waals surface area contributed by atoms with Gasteiger partial charge >= 0.3 is 0 Å². The third-order valence-electron chi connectivity index (χ3n) is 4.91. The Labute approximate surface area is 168 Å². The molecule has 0 saturated carbocycles. The first-order valence-corrected chi connectivity index (χ1v) is 9.47. The summed E-state index contributed by atoms with van der Waals surface area (Å²) in [4.78, 5) is 18.7. The topological polar surface area (TPSA) is 56.0 Å². The summed E-state index contributed by atoms with van der Waals surface area (Å²) in [5, 5.41) is 4.35. The van der Waals surface area contributed by atoms with Gasteiger partial charge in [0.15, 0.2) is 0 Å². The minimum atomic E-state index is -0.303. The maximum absolute atomic E-state index is 13.6. The molecule has 0 N–H and O–H groups in total. The van der Waals surface area contributed by atoms with Crippen molar-refractivity contribution in [1.82, 2.24) is 24.2 Å². The molecule has 148 valence electrons. The van der Waals surface area contributed by atoms with Crippen LogP contribution in [0, 0.1) is 5.82 Å². The molecule has 0 spiro atoms. The van der Waals surface area contributed by atoms with Crippen LogP contribution in [0.25, 0.3) is 16.7 Å². The average Bonchev–Trinajstić information content (AvgIpc) is 3.30. The molecule has 0 fully saturated rings. The van der Waals surface area contributed by atoms with Gasteiger partial charge in [-0.2, -0.15) is 5.10 Å². The van der Waals surface area contributed by atoms with Crippen LogP contribution in [0.1, 0.15) is 28.8 Å². The standard InChI is InChI=1S/C22H22FN5O/c1-4-27-20-12-15(22(29)26(2)3)8-9-19(20)25-21(27)14-18-10-11-24-28(18)17-7-5-6-16(23)13-17/h5-13H,4,14H2,1-3H3. The van der Waals surface area contributed by atoms with Gasteiger partial charge in [0.25, 0.3) is 5.91 Å². The zero-order valence-corrected chi connectivity index (χ0v) is 16.6. The number of rotatable bonds is 5. The largest absolute Gasteiger partial charge is 0.345 e. The third kappa shape index (κ3) is 3.51. The van der Waals surface area contributed by atoms with Crippen LogP contribution >= 0.6 is 0 Å². The Morgan fingerprint density at radius 3 is 2.69 bits per heavy atom. The second-order valence-electron chi connectivity index (χ2n) is 7.07. The van der Waals surface area contributed by atoms with Gasteiger partial charge in [0, 0.05) is 38.8 Å². The van der Waals surface area contributed by atoms with Crippen LogP contribution in [-0.4, -0.2) is 44.2 Å². The third-order valence-corrected chi connectivity index (χ3v) is 4.91. The fourth-order valence-corrected chi connectivity index (χ4v) is 3.52. The number of carbonyl (C=O) groups is 1. The molecule has 6 nitrogen and oxygen atoms in total. The lowest BCUT2D eigenvalue weighted by Gasteiger charge is -2.11. The van der Waals surface area contributed by atoms with Gasteiger partial charge in [0.2, 0.25) is 0 Å². The maximum atomic E-state index is 13.6. The van der Waals surface area contributed by atoms with Gasteiger partial charge in [0.05, 0.1) is 22.4 Å². The molecular weight excluding hydrogens is 369 g/mol. The monoisotopic (exact) mass is 391 g/mol. The number of aryl methyl sites for hydroxylation is 1. The Kier molecular flexibility index (Phi) is 4.88. The lowest BCUT2D eigenvalue weighted by atomic mass is 10.2. The number of aromatic nitrogens is 4. The number of benzene rings is 2. The van der Waals surface area contributed by atoms with Crippen LogP contribution in [0.3, 0.4) is 0 Å². The molecule has 0 atom stereocenters. The molecule has 0 saturated heterocycles. The van der Waals surface area contributed by atoms with E-state index in [9.17, 15) is 9.18 Å². The molecule has 0 aliphatic carbocycles. The molecule has 0 aliphatic heterocycles. The van der Waals surface area contributed by atoms with E-state index >= 15 is 0 Å². The number of carbonyl (C=O) groups excluding carboxylic acids is 1. The molecule has 4 aromatic rings. The van der Waals surface area contributed by atoms with Crippen LogP contribution in [0.5, 0.6) is 0 Å². The van der Waals surface area contributed by atoms with Crippen LogP contribution in [0.2, 0.25) is 0 Å². The summed E-state index contributed by atoms with van der Waals surface area (Å²) in [6.45, 7) is 2.77. The first-order valence-electron chi connectivity index (χ1n) is 9.47. The Morgan fingerprint density at radius 2 is 1.97 bits per heavy atom. The van der Waals surface area contributed by atoms with E-state index in [1.165, 1.54) is 12.1 Å². The average molecular weight is 391 g/mol. The molecule has 2 heterocycles. The Morgan fingerprint density at radius 1 is 1.14 bits per heavy atom. The molecule has 2 aromatic heterocycles. The van der Waals surface area contributed by atoms with E-state index in [1.54, 1.807) is 42.0 Å². The van der Waals surface area contributed by atoms with E-state index in [2.05, 4.69) is 16.6 Å². The van der Waals surface area contributed by atoms with Crippen molar-refractivity contribution in [3.63, 3.8) is 0 Å². The molecule has 1 amide bonds. The van der Waals surface area contributed by atoms with Crippen molar-refractivity contribution < 1.29 is 9.18 Å². The van der Waals surface area contributed by atoms with Gasteiger partial charge in [-0.05, 0) is 49.4 Å². The minimum absolute atomic E-state index is 0.0403. The summed E-state index contributed by atoms with van der Waals surface area (Å²) in [6.07, 6.45) is 2.24. The first kappa shape index (κ1) is 18.9. The lowest BCUT2D eigenvalue weighted by molar-refractivity contribution is 0.0827. The summed E-state index contributed by atoms with van der Waals surface area (Å²) < 4.78 is 17.5. The summed E-state index contributed by atoms with van der Waals surface area (Å²) >= 11 is 0. The van der Waals surface area contributed by atoms with E-state index in [1.807, 2.05) is 24.3 Å². The van der Waals surface area contributed by atoms with Crippen molar-refractivity contribution in [2.75, 3.05) is 14.1 Å². The van der Waals surface area contributed by atoms with Gasteiger partial charge in [0.1, 0.15) is 11.6 Å². The SMILES string of the molecule is CCn1c(Cc2ccnn2-c2cccc(F)c2)nc2ccc(C(=O)N(C)C)cc21. The fraction of sp³-hybridized carbons (Fsp3) is 0.227. The van der Waals surface area contributed by atoms with E-state index in [4.69, 9.17) is 4.98 Å². The molecule has 4 rings (SSSR count). The second-order valence-corrected chi connectivity index (χ2v) is 7.07. The summed E-state index contributed by atoms with van der Waals surface area (Å²) in [7, 11) is 3.48. The lowest BCUT2D eigenvalue weighted by Crippen LogP contribution is -2.21. The van der Waals surface area contributed by atoms with Crippen molar-refractivity contribution in [2.24, 2.45) is 0 Å². The number of amides is 1. The second kappa shape index (κ2) is 7.50. The van der Waals surface area contributed by atoms with Gasteiger partial charge < -0.3 is 9.47 Å². The molecule has 0 bridgehead atoms. The van der Waals surface area contributed by atoms with Crippen molar-refractivity contribution in [1.29, 1.82) is 0 Å². The molecule has 7 heteroatoms. The Hall–Kier alpha value is -3.48. The number of hydrogen-bond acceptors (Lipinski definition) is 3. The number of imidazole rings is 1. The van der Waals surface area contributed by atoms with Gasteiger partial charge in [-0.25, -0.2) is 14.1 Å². The highest BCUT2D eigenvalue weighted by Crippen LogP contribution is 2.22. The van der Waals surface area contributed by atoms with Crippen molar-refractivity contribution in [3.8, 4) is 5.69 Å². The minimum Gasteiger partial charge on any atom is -0.345 e. The van der Waals surface area contributed by atoms with Crippen LogP contribution < -0.4 is 0 Å². The summed E-state index contributed by atoms with van der Waals surface area (Å²) in [6, 6.07) is 13.8. The van der Waals surface area contributed by atoms with E-state index in [-0.39, 0.29) is 11.7 Å². The van der Waals surface area contributed by atoms with Gasteiger partial charge in [-0.3, -0.25) is 4.79 Å². The van der Waals surface area contributed by atoms with Crippen molar-refractivity contribution in [2.45, 2.75) is 19.9 Å². The van der Waals surface area contributed by atoms with Crippen molar-refractivity contribution >= 4 is 16.9 Å². The first-order chi connectivity index (χ1) is 14.0. The van der Waals surface area contributed by atoms with Crippen LogP contribution in [0.4, 0.5) is 4.39 Å². The number of halogens is 1. The molecule has 0 aliphatic rings. The van der Waals surface area contributed by atoms with Crippen LogP contribution in [0.15, 0.2) is 54.7 Å².